The van der Waals surface area contributed by atoms with E-state index in [4.69, 9.17) is 5.41 Å². The number of aldehydes is 2. The van der Waals surface area contributed by atoms with Gasteiger partial charge in [-0.2, -0.15) is 0 Å². The number of phenolic OH excluding ortho intramolecular Hbond substituents is 1. The van der Waals surface area contributed by atoms with Crippen LogP contribution >= 0.6 is 0 Å². The number of carbonyl (C=O) groups excluding carboxylic acids is 2. The van der Waals surface area contributed by atoms with Crippen LogP contribution < -0.4 is 5.32 Å². The molecule has 0 saturated carbocycles. The molecule has 5 nitrogen and oxygen atoms in total. The lowest BCUT2D eigenvalue weighted by molar-refractivity contribution is -0.106. The molecule has 0 radical (unpaired) electrons. The summed E-state index contributed by atoms with van der Waals surface area (Å²) in [7, 11) is 0. The lowest BCUT2D eigenvalue weighted by atomic mass is 10.1. The van der Waals surface area contributed by atoms with Crippen LogP contribution in [0.5, 0.6) is 5.75 Å². The second-order valence-electron chi connectivity index (χ2n) is 2.81. The van der Waals surface area contributed by atoms with Crippen molar-refractivity contribution in [1.29, 1.82) is 5.41 Å². The number of rotatable bonds is 5. The number of nitrogens with one attached hydrogen (secondary N) is 2. The van der Waals surface area contributed by atoms with E-state index in [-0.39, 0.29) is 23.6 Å². The van der Waals surface area contributed by atoms with Crippen molar-refractivity contribution in [3.8, 4) is 5.75 Å². The topological polar surface area (TPSA) is 90.2 Å². The summed E-state index contributed by atoms with van der Waals surface area (Å²) in [6, 6.07) is 4.21. The highest BCUT2D eigenvalue weighted by Gasteiger charge is 2.07. The van der Waals surface area contributed by atoms with Crippen molar-refractivity contribution in [3.63, 3.8) is 0 Å². The third kappa shape index (κ3) is 2.63. The molecule has 3 N–H and O–H groups in total. The minimum atomic E-state index is -0.251. The molecule has 0 bridgehead atoms. The van der Waals surface area contributed by atoms with Gasteiger partial charge in [-0.25, -0.2) is 0 Å². The van der Waals surface area contributed by atoms with Gasteiger partial charge in [-0.05, 0) is 18.2 Å². The van der Waals surface area contributed by atoms with Crippen molar-refractivity contribution < 1.29 is 14.7 Å². The van der Waals surface area contributed by atoms with Gasteiger partial charge in [0.2, 0.25) is 0 Å². The molecule has 5 heteroatoms. The molecule has 1 aromatic carbocycles. The van der Waals surface area contributed by atoms with Crippen LogP contribution in [0, 0.1) is 5.41 Å². The Morgan fingerprint density at radius 3 is 2.80 bits per heavy atom. The van der Waals surface area contributed by atoms with E-state index in [2.05, 4.69) is 5.32 Å². The maximum Gasteiger partial charge on any atom is 0.168 e. The quantitative estimate of drug-likeness (QED) is 0.373. The normalized spacial score (nSPS) is 9.33. The van der Waals surface area contributed by atoms with Crippen molar-refractivity contribution in [2.45, 2.75) is 0 Å². The van der Waals surface area contributed by atoms with Crippen LogP contribution in [0.25, 0.3) is 0 Å². The third-order valence-corrected chi connectivity index (χ3v) is 1.79. The van der Waals surface area contributed by atoms with E-state index < -0.39 is 0 Å². The molecule has 0 amide bonds. The highest BCUT2D eigenvalue weighted by Crippen LogP contribution is 2.20. The fourth-order valence-corrected chi connectivity index (χ4v) is 1.12. The van der Waals surface area contributed by atoms with E-state index in [1.165, 1.54) is 18.2 Å². The first-order valence-electron chi connectivity index (χ1n) is 4.23. The monoisotopic (exact) mass is 206 g/mol. The Kier molecular flexibility index (Phi) is 3.56. The highest BCUT2D eigenvalue weighted by atomic mass is 16.3. The lowest BCUT2D eigenvalue weighted by Crippen LogP contribution is -2.09. The molecule has 0 saturated heterocycles. The Hall–Kier alpha value is -2.17. The van der Waals surface area contributed by atoms with Gasteiger partial charge in [0.05, 0.1) is 6.54 Å². The van der Waals surface area contributed by atoms with Gasteiger partial charge in [-0.1, -0.05) is 0 Å². The molecule has 0 aliphatic rings. The molecule has 0 fully saturated rings. The average molecular weight is 206 g/mol. The van der Waals surface area contributed by atoms with Gasteiger partial charge in [0, 0.05) is 11.3 Å². The van der Waals surface area contributed by atoms with Crippen LogP contribution in [0.3, 0.4) is 0 Å². The number of benzene rings is 1. The number of phenols is 1. The maximum absolute atomic E-state index is 10.4. The van der Waals surface area contributed by atoms with Gasteiger partial charge in [-0.15, -0.1) is 0 Å². The molecule has 0 atom stereocenters. The predicted octanol–water partition coefficient (Wildman–Crippen LogP) is 0.570. The van der Waals surface area contributed by atoms with Gasteiger partial charge in [-0.3, -0.25) is 10.2 Å². The number of hydrogen-bond donors (Lipinski definition) is 3. The smallest absolute Gasteiger partial charge is 0.168 e. The van der Waals surface area contributed by atoms with E-state index >= 15 is 0 Å². The molecule has 0 unspecified atom stereocenters. The first-order chi connectivity index (χ1) is 7.19. The number of aromatic hydroxyl groups is 1. The summed E-state index contributed by atoms with van der Waals surface area (Å²) in [5.41, 5.74) is 0.489. The first-order valence-corrected chi connectivity index (χ1v) is 4.23. The number of carbonyl (C=O) groups is 2. The molecular formula is C10H10N2O3. The number of anilines is 1. The summed E-state index contributed by atoms with van der Waals surface area (Å²) in [6.07, 6.45) is 1.04. The second-order valence-corrected chi connectivity index (χ2v) is 2.81. The summed E-state index contributed by atoms with van der Waals surface area (Å²) in [5.74, 6) is -0.0340. The minimum Gasteiger partial charge on any atom is -0.508 e. The maximum atomic E-state index is 10.4. The van der Waals surface area contributed by atoms with E-state index in [0.717, 1.165) is 0 Å². The minimum absolute atomic E-state index is 0.0340. The number of hydrogen-bond acceptors (Lipinski definition) is 5. The third-order valence-electron chi connectivity index (χ3n) is 1.79. The largest absolute Gasteiger partial charge is 0.508 e. The van der Waals surface area contributed by atoms with Crippen molar-refractivity contribution in [2.75, 3.05) is 11.9 Å². The van der Waals surface area contributed by atoms with Crippen LogP contribution in [0.2, 0.25) is 0 Å². The van der Waals surface area contributed by atoms with Crippen LogP contribution in [-0.4, -0.2) is 29.9 Å². The predicted molar refractivity (Wildman–Crippen MR) is 55.6 cm³/mol. The Labute approximate surface area is 86.2 Å². The summed E-state index contributed by atoms with van der Waals surface area (Å²) in [4.78, 5) is 20.6. The van der Waals surface area contributed by atoms with Gasteiger partial charge in [0.25, 0.3) is 0 Å². The molecule has 0 spiro atoms. The fraction of sp³-hybridized carbons (Fsp3) is 0.100. The molecule has 0 heterocycles. The Morgan fingerprint density at radius 2 is 2.20 bits per heavy atom. The molecule has 0 aliphatic carbocycles. The van der Waals surface area contributed by atoms with Gasteiger partial charge in [0.15, 0.2) is 6.29 Å². The van der Waals surface area contributed by atoms with Crippen LogP contribution in [-0.2, 0) is 9.59 Å². The molecule has 0 aliphatic heterocycles. The zero-order valence-electron chi connectivity index (χ0n) is 7.86. The molecule has 1 aromatic rings. The Balaban J connectivity index is 3.07. The van der Waals surface area contributed by atoms with E-state index in [1.54, 1.807) is 0 Å². The van der Waals surface area contributed by atoms with Crippen molar-refractivity contribution in [2.24, 2.45) is 0 Å². The summed E-state index contributed by atoms with van der Waals surface area (Å²) >= 11 is 0. The zero-order valence-corrected chi connectivity index (χ0v) is 7.86. The lowest BCUT2D eigenvalue weighted by Gasteiger charge is -2.08. The Morgan fingerprint density at radius 1 is 1.47 bits per heavy atom. The SMILES string of the molecule is N=C(C=O)c1cc(O)ccc1NCC=O. The van der Waals surface area contributed by atoms with Crippen LogP contribution in [0.15, 0.2) is 18.2 Å². The van der Waals surface area contributed by atoms with Crippen molar-refractivity contribution in [1.82, 2.24) is 0 Å². The highest BCUT2D eigenvalue weighted by molar-refractivity contribution is 6.36. The molecule has 1 rings (SSSR count). The standard InChI is InChI=1S/C10H10N2O3/c11-9(6-14)8-5-7(15)1-2-10(8)12-3-4-13/h1-2,4-6,11-12,15H,3H2. The van der Waals surface area contributed by atoms with Gasteiger partial charge < -0.3 is 15.2 Å². The average Bonchev–Trinajstić information content (AvgIpc) is 2.26. The van der Waals surface area contributed by atoms with Crippen molar-refractivity contribution >= 4 is 24.0 Å². The summed E-state index contributed by atoms with van der Waals surface area (Å²) in [6.45, 7) is 0.0872. The second kappa shape index (κ2) is 4.90. The molecular weight excluding hydrogens is 196 g/mol. The molecule has 0 aromatic heterocycles. The van der Waals surface area contributed by atoms with Gasteiger partial charge in [0.1, 0.15) is 17.7 Å². The van der Waals surface area contributed by atoms with Gasteiger partial charge >= 0.3 is 0 Å². The van der Waals surface area contributed by atoms with Crippen molar-refractivity contribution in [3.05, 3.63) is 23.8 Å². The van der Waals surface area contributed by atoms with E-state index in [0.29, 0.717) is 18.3 Å². The molecule has 78 valence electrons. The van der Waals surface area contributed by atoms with Crippen LogP contribution in [0.1, 0.15) is 5.56 Å². The first kappa shape index (κ1) is 10.9. The fourth-order valence-electron chi connectivity index (χ4n) is 1.12. The van der Waals surface area contributed by atoms with Crippen LogP contribution in [0.4, 0.5) is 5.69 Å². The van der Waals surface area contributed by atoms with E-state index in [1.807, 2.05) is 0 Å². The Bertz CT molecular complexity index is 402. The summed E-state index contributed by atoms with van der Waals surface area (Å²) in [5, 5.41) is 19.3. The zero-order chi connectivity index (χ0) is 11.3. The summed E-state index contributed by atoms with van der Waals surface area (Å²) < 4.78 is 0. The van der Waals surface area contributed by atoms with E-state index in [9.17, 15) is 14.7 Å². The molecule has 15 heavy (non-hydrogen) atoms.